The minimum absolute atomic E-state index is 0.0499. The second kappa shape index (κ2) is 7.26. The van der Waals surface area contributed by atoms with E-state index >= 15 is 0 Å². The molecule has 17 heavy (non-hydrogen) atoms. The Morgan fingerprint density at radius 3 is 2.53 bits per heavy atom. The zero-order valence-corrected chi connectivity index (χ0v) is 12.0. The van der Waals surface area contributed by atoms with Gasteiger partial charge in [0.2, 0.25) is 0 Å². The lowest BCUT2D eigenvalue weighted by Gasteiger charge is -2.26. The van der Waals surface area contributed by atoms with Crippen LogP contribution in [0, 0.1) is 0 Å². The monoisotopic (exact) mass is 259 g/mol. The predicted molar refractivity (Wildman–Crippen MR) is 75.1 cm³/mol. The van der Waals surface area contributed by atoms with Crippen molar-refractivity contribution >= 4 is 17.2 Å². The average Bonchev–Trinajstić information content (AvgIpc) is 2.27. The summed E-state index contributed by atoms with van der Waals surface area (Å²) in [7, 11) is 0. The van der Waals surface area contributed by atoms with Crippen LogP contribution in [0.3, 0.4) is 0 Å². The first-order valence-electron chi connectivity index (χ1n) is 6.33. The molecule has 0 radical (unpaired) electrons. The molecule has 0 aromatic rings. The number of hydrogen-bond acceptors (Lipinski definition) is 4. The van der Waals surface area contributed by atoms with Gasteiger partial charge in [-0.3, -0.25) is 4.90 Å². The zero-order valence-electron chi connectivity index (χ0n) is 11.2. The average molecular weight is 259 g/mol. The van der Waals surface area contributed by atoms with Crippen molar-refractivity contribution in [2.24, 2.45) is 0 Å². The van der Waals surface area contributed by atoms with E-state index in [0.29, 0.717) is 0 Å². The number of nitrogens with one attached hydrogen (secondary N) is 2. The van der Waals surface area contributed by atoms with Gasteiger partial charge in [0, 0.05) is 25.0 Å². The summed E-state index contributed by atoms with van der Waals surface area (Å²) >= 11 is 5.27. The van der Waals surface area contributed by atoms with Gasteiger partial charge in [-0.1, -0.05) is 12.2 Å². The van der Waals surface area contributed by atoms with E-state index < -0.39 is 0 Å². The van der Waals surface area contributed by atoms with E-state index in [4.69, 9.17) is 17.0 Å². The number of rotatable bonds is 5. The molecule has 0 aliphatic carbocycles. The second-order valence-electron chi connectivity index (χ2n) is 5.48. The molecule has 0 unspecified atom stereocenters. The van der Waals surface area contributed by atoms with E-state index in [2.05, 4.69) is 36.5 Å². The first-order valence-corrected chi connectivity index (χ1v) is 6.74. The van der Waals surface area contributed by atoms with Gasteiger partial charge in [-0.2, -0.15) is 0 Å². The van der Waals surface area contributed by atoms with Crippen LogP contribution in [0.5, 0.6) is 0 Å². The van der Waals surface area contributed by atoms with Gasteiger partial charge in [0.15, 0.2) is 0 Å². The van der Waals surface area contributed by atoms with E-state index in [1.165, 1.54) is 0 Å². The van der Waals surface area contributed by atoms with Crippen LogP contribution in [-0.2, 0) is 4.74 Å². The van der Waals surface area contributed by atoms with Gasteiger partial charge >= 0.3 is 0 Å². The van der Waals surface area contributed by atoms with Crippen molar-refractivity contribution in [3.05, 3.63) is 0 Å². The highest BCUT2D eigenvalue weighted by Crippen LogP contribution is 2.01. The number of hydrazine groups is 1. The van der Waals surface area contributed by atoms with E-state index in [1.807, 2.05) is 0 Å². The van der Waals surface area contributed by atoms with Crippen molar-refractivity contribution in [2.45, 2.75) is 39.2 Å². The van der Waals surface area contributed by atoms with Crippen molar-refractivity contribution in [1.82, 2.24) is 15.8 Å². The quantitative estimate of drug-likeness (QED) is 0.575. The number of thiocarbonyl (C=S) groups is 1. The molecule has 5 heteroatoms. The number of ether oxygens (including phenoxy) is 1. The standard InChI is InChI=1S/C12H25N3OS/c1-12(2,3)14-13-11(17)5-4-6-15-7-9-16-10-8-15/h14H,4-10H2,1-3H3,(H,13,17). The van der Waals surface area contributed by atoms with Gasteiger partial charge in [0.05, 0.1) is 18.2 Å². The van der Waals surface area contributed by atoms with Crippen molar-refractivity contribution < 1.29 is 4.74 Å². The Balaban J connectivity index is 2.03. The van der Waals surface area contributed by atoms with Crippen LogP contribution in [0.25, 0.3) is 0 Å². The summed E-state index contributed by atoms with van der Waals surface area (Å²) in [4.78, 5) is 3.33. The molecule has 0 aromatic carbocycles. The SMILES string of the molecule is CC(C)(C)NNC(=S)CCCN1CCOCC1. The molecule has 1 fully saturated rings. The van der Waals surface area contributed by atoms with Crippen LogP contribution in [0.4, 0.5) is 0 Å². The smallest absolute Gasteiger partial charge is 0.0895 e. The van der Waals surface area contributed by atoms with Gasteiger partial charge in [-0.25, -0.2) is 5.43 Å². The number of hydrogen-bond donors (Lipinski definition) is 2. The summed E-state index contributed by atoms with van der Waals surface area (Å²) in [6, 6.07) is 0. The molecule has 0 spiro atoms. The molecule has 4 nitrogen and oxygen atoms in total. The van der Waals surface area contributed by atoms with Crippen LogP contribution in [0.15, 0.2) is 0 Å². The summed E-state index contributed by atoms with van der Waals surface area (Å²) < 4.78 is 5.31. The first kappa shape index (κ1) is 14.8. The molecule has 0 bridgehead atoms. The Morgan fingerprint density at radius 2 is 1.94 bits per heavy atom. The second-order valence-corrected chi connectivity index (χ2v) is 5.97. The van der Waals surface area contributed by atoms with Crippen molar-refractivity contribution in [3.8, 4) is 0 Å². The maximum absolute atomic E-state index is 5.31. The summed E-state index contributed by atoms with van der Waals surface area (Å²) in [5.74, 6) is 0. The van der Waals surface area contributed by atoms with Crippen LogP contribution in [0.2, 0.25) is 0 Å². The highest BCUT2D eigenvalue weighted by Gasteiger charge is 2.11. The largest absolute Gasteiger partial charge is 0.379 e. The minimum atomic E-state index is 0.0499. The Bertz CT molecular complexity index is 234. The molecular weight excluding hydrogens is 234 g/mol. The first-order chi connectivity index (χ1) is 7.97. The van der Waals surface area contributed by atoms with Gasteiger partial charge in [-0.05, 0) is 33.7 Å². The van der Waals surface area contributed by atoms with Crippen LogP contribution < -0.4 is 10.9 Å². The fraction of sp³-hybridized carbons (Fsp3) is 0.917. The molecule has 2 N–H and O–H groups in total. The Labute approximate surface area is 110 Å². The van der Waals surface area contributed by atoms with Crippen molar-refractivity contribution in [3.63, 3.8) is 0 Å². The third kappa shape index (κ3) is 7.65. The fourth-order valence-corrected chi connectivity index (χ4v) is 1.80. The number of morpholine rings is 1. The van der Waals surface area contributed by atoms with Crippen molar-refractivity contribution in [2.75, 3.05) is 32.8 Å². The highest BCUT2D eigenvalue weighted by atomic mass is 32.1. The lowest BCUT2D eigenvalue weighted by Crippen LogP contribution is -2.48. The molecule has 1 aliphatic rings. The van der Waals surface area contributed by atoms with Gasteiger partial charge in [0.25, 0.3) is 0 Å². The lowest BCUT2D eigenvalue weighted by molar-refractivity contribution is 0.0376. The van der Waals surface area contributed by atoms with Crippen LogP contribution >= 0.6 is 12.2 Å². The Morgan fingerprint density at radius 1 is 1.29 bits per heavy atom. The molecule has 1 aliphatic heterocycles. The fourth-order valence-electron chi connectivity index (χ4n) is 1.61. The normalized spacial score (nSPS) is 18.1. The molecular formula is C12H25N3OS. The predicted octanol–water partition coefficient (Wildman–Crippen LogP) is 1.32. The molecule has 0 amide bonds. The van der Waals surface area contributed by atoms with E-state index in [-0.39, 0.29) is 5.54 Å². The third-order valence-electron chi connectivity index (χ3n) is 2.56. The van der Waals surface area contributed by atoms with Crippen LogP contribution in [0.1, 0.15) is 33.6 Å². The van der Waals surface area contributed by atoms with E-state index in [0.717, 1.165) is 50.7 Å². The molecule has 1 rings (SSSR count). The summed E-state index contributed by atoms with van der Waals surface area (Å²) in [6.07, 6.45) is 2.05. The lowest BCUT2D eigenvalue weighted by atomic mass is 10.1. The summed E-state index contributed by atoms with van der Waals surface area (Å²) in [6.45, 7) is 11.3. The molecule has 0 saturated carbocycles. The topological polar surface area (TPSA) is 36.5 Å². The van der Waals surface area contributed by atoms with Gasteiger partial charge < -0.3 is 10.2 Å². The van der Waals surface area contributed by atoms with Crippen LogP contribution in [-0.4, -0.2) is 48.3 Å². The molecule has 1 saturated heterocycles. The van der Waals surface area contributed by atoms with Gasteiger partial charge in [-0.15, -0.1) is 0 Å². The zero-order chi connectivity index (χ0) is 12.7. The highest BCUT2D eigenvalue weighted by molar-refractivity contribution is 7.80. The van der Waals surface area contributed by atoms with Gasteiger partial charge in [0.1, 0.15) is 0 Å². The van der Waals surface area contributed by atoms with E-state index in [9.17, 15) is 0 Å². The summed E-state index contributed by atoms with van der Waals surface area (Å²) in [5.41, 5.74) is 6.33. The Kier molecular flexibility index (Phi) is 6.33. The van der Waals surface area contributed by atoms with E-state index in [1.54, 1.807) is 0 Å². The molecule has 1 heterocycles. The maximum Gasteiger partial charge on any atom is 0.0895 e. The Hall–Kier alpha value is -0.230. The molecule has 100 valence electrons. The molecule has 0 aromatic heterocycles. The van der Waals surface area contributed by atoms with Crippen molar-refractivity contribution in [1.29, 1.82) is 0 Å². The maximum atomic E-state index is 5.31. The summed E-state index contributed by atoms with van der Waals surface area (Å²) in [5, 5.41) is 0. The molecule has 0 atom stereocenters. The number of nitrogens with zero attached hydrogens (tertiary/aromatic N) is 1. The minimum Gasteiger partial charge on any atom is -0.379 e. The third-order valence-corrected chi connectivity index (χ3v) is 2.86.